The van der Waals surface area contributed by atoms with E-state index in [-0.39, 0.29) is 23.9 Å². The van der Waals surface area contributed by atoms with Gasteiger partial charge in [-0.2, -0.15) is 0 Å². The number of ether oxygens (including phenoxy) is 2. The van der Waals surface area contributed by atoms with Gasteiger partial charge in [0.25, 0.3) is 0 Å². The molecule has 1 fully saturated rings. The first kappa shape index (κ1) is 23.9. The molecule has 1 N–H and O–H groups in total. The van der Waals surface area contributed by atoms with Crippen LogP contribution in [0.15, 0.2) is 65.0 Å². The van der Waals surface area contributed by atoms with E-state index in [2.05, 4.69) is 46.0 Å². The molecule has 1 saturated heterocycles. The van der Waals surface area contributed by atoms with E-state index in [1.54, 1.807) is 13.3 Å². The van der Waals surface area contributed by atoms with Gasteiger partial charge >= 0.3 is 0 Å². The Bertz CT molecular complexity index is 1100. The lowest BCUT2D eigenvalue weighted by atomic mass is 9.93. The zero-order valence-corrected chi connectivity index (χ0v) is 19.5. The van der Waals surface area contributed by atoms with E-state index >= 15 is 0 Å². The van der Waals surface area contributed by atoms with E-state index in [9.17, 15) is 9.90 Å². The number of hydrogen-bond acceptors (Lipinski definition) is 6. The van der Waals surface area contributed by atoms with Crippen LogP contribution in [0.2, 0.25) is 0 Å². The molecule has 4 rings (SSSR count). The summed E-state index contributed by atoms with van der Waals surface area (Å²) in [6.45, 7) is 4.97. The largest absolute Gasteiger partial charge is 0.503 e. The molecular formula is C28H30N2O4. The SMILES string of the molecule is COCC(CC1=C(O)C(=O)CC=N1)c1ccc(C#Cc2ccc(CN3CCOCC3)cc2)cc1. The molecule has 0 radical (unpaired) electrons. The number of carbonyl (C=O) groups excluding carboxylic acids is 1. The van der Waals surface area contributed by atoms with Gasteiger partial charge in [-0.3, -0.25) is 14.7 Å². The topological polar surface area (TPSA) is 71.4 Å². The Hall–Kier alpha value is -3.24. The van der Waals surface area contributed by atoms with Crippen LogP contribution in [-0.2, 0) is 20.8 Å². The Labute approximate surface area is 200 Å². The van der Waals surface area contributed by atoms with Crippen LogP contribution in [0.1, 0.15) is 41.0 Å². The van der Waals surface area contributed by atoms with Crippen molar-refractivity contribution in [2.24, 2.45) is 4.99 Å². The Balaban J connectivity index is 1.39. The van der Waals surface area contributed by atoms with Crippen LogP contribution in [0.4, 0.5) is 0 Å². The van der Waals surface area contributed by atoms with Gasteiger partial charge in [-0.1, -0.05) is 36.1 Å². The lowest BCUT2D eigenvalue weighted by Crippen LogP contribution is -2.35. The summed E-state index contributed by atoms with van der Waals surface area (Å²) in [6, 6.07) is 16.4. The van der Waals surface area contributed by atoms with Gasteiger partial charge in [0, 0.05) is 62.8 Å². The fourth-order valence-electron chi connectivity index (χ4n) is 4.11. The number of benzene rings is 2. The number of morpholine rings is 1. The average Bonchev–Trinajstić information content (AvgIpc) is 2.87. The third kappa shape index (κ3) is 6.42. The number of methoxy groups -OCH3 is 1. The molecule has 6 nitrogen and oxygen atoms in total. The maximum Gasteiger partial charge on any atom is 0.204 e. The fourth-order valence-corrected chi connectivity index (χ4v) is 4.11. The predicted molar refractivity (Wildman–Crippen MR) is 132 cm³/mol. The summed E-state index contributed by atoms with van der Waals surface area (Å²) in [5.74, 6) is 5.92. The van der Waals surface area contributed by atoms with Gasteiger partial charge in [0.15, 0.2) is 5.76 Å². The van der Waals surface area contributed by atoms with Crippen molar-refractivity contribution in [3.63, 3.8) is 0 Å². The second-order valence-corrected chi connectivity index (χ2v) is 8.55. The molecule has 34 heavy (non-hydrogen) atoms. The van der Waals surface area contributed by atoms with Crippen molar-refractivity contribution in [2.75, 3.05) is 40.0 Å². The normalized spacial score (nSPS) is 17.4. The molecule has 0 saturated carbocycles. The Morgan fingerprint density at radius 3 is 2.35 bits per heavy atom. The van der Waals surface area contributed by atoms with E-state index in [4.69, 9.17) is 9.47 Å². The van der Waals surface area contributed by atoms with E-state index in [1.807, 2.05) is 24.3 Å². The lowest BCUT2D eigenvalue weighted by Gasteiger charge is -2.26. The van der Waals surface area contributed by atoms with Crippen LogP contribution in [0.25, 0.3) is 0 Å². The summed E-state index contributed by atoms with van der Waals surface area (Å²) in [5.41, 5.74) is 4.65. The lowest BCUT2D eigenvalue weighted by molar-refractivity contribution is -0.117. The number of aliphatic hydroxyl groups is 1. The molecular weight excluding hydrogens is 428 g/mol. The van der Waals surface area contributed by atoms with Crippen molar-refractivity contribution in [1.82, 2.24) is 4.90 Å². The standard InChI is InChI=1S/C28H30N2O4/c1-33-20-25(18-26-28(32)27(31)12-13-29-26)24-10-8-22(9-11-24)3-2-21-4-6-23(7-5-21)19-30-14-16-34-17-15-30/h4-11,13,25,32H,12,14-20H2,1H3. The average molecular weight is 459 g/mol. The zero-order chi connectivity index (χ0) is 23.8. The number of carbonyl (C=O) groups is 1. The van der Waals surface area contributed by atoms with Crippen molar-refractivity contribution < 1.29 is 19.4 Å². The molecule has 6 heteroatoms. The van der Waals surface area contributed by atoms with Crippen molar-refractivity contribution in [3.05, 3.63) is 82.2 Å². The summed E-state index contributed by atoms with van der Waals surface area (Å²) in [4.78, 5) is 18.4. The Morgan fingerprint density at radius 2 is 1.71 bits per heavy atom. The van der Waals surface area contributed by atoms with Crippen LogP contribution >= 0.6 is 0 Å². The molecule has 1 unspecified atom stereocenters. The Kier molecular flexibility index (Phi) is 8.26. The maximum absolute atomic E-state index is 11.8. The first-order chi connectivity index (χ1) is 16.6. The molecule has 2 aromatic rings. The Morgan fingerprint density at radius 1 is 1.06 bits per heavy atom. The first-order valence-corrected chi connectivity index (χ1v) is 11.6. The molecule has 0 aliphatic carbocycles. The van der Waals surface area contributed by atoms with Crippen LogP contribution in [-0.4, -0.2) is 62.0 Å². The number of rotatable bonds is 7. The maximum atomic E-state index is 11.8. The number of ketones is 1. The van der Waals surface area contributed by atoms with Gasteiger partial charge in [0.2, 0.25) is 5.78 Å². The molecule has 2 aromatic carbocycles. The number of aliphatic hydroxyl groups excluding tert-OH is 1. The molecule has 2 heterocycles. The van der Waals surface area contributed by atoms with Crippen molar-refractivity contribution >= 4 is 12.0 Å². The number of hydrogen-bond donors (Lipinski definition) is 1. The molecule has 0 bridgehead atoms. The molecule has 1 atom stereocenters. The molecule has 2 aliphatic heterocycles. The molecule has 2 aliphatic rings. The van der Waals surface area contributed by atoms with Gasteiger partial charge in [0.05, 0.1) is 25.5 Å². The van der Waals surface area contributed by atoms with Gasteiger partial charge in [-0.25, -0.2) is 0 Å². The summed E-state index contributed by atoms with van der Waals surface area (Å²) in [7, 11) is 1.64. The molecule has 0 amide bonds. The minimum absolute atomic E-state index is 0.0220. The van der Waals surface area contributed by atoms with Crippen LogP contribution in [0.3, 0.4) is 0 Å². The summed E-state index contributed by atoms with van der Waals surface area (Å²) < 4.78 is 10.8. The van der Waals surface area contributed by atoms with Gasteiger partial charge in [0.1, 0.15) is 0 Å². The third-order valence-electron chi connectivity index (χ3n) is 6.07. The second-order valence-electron chi connectivity index (χ2n) is 8.55. The minimum Gasteiger partial charge on any atom is -0.503 e. The number of allylic oxidation sites excluding steroid dienone is 2. The summed E-state index contributed by atoms with van der Waals surface area (Å²) >= 11 is 0. The van der Waals surface area contributed by atoms with E-state index in [0.717, 1.165) is 49.5 Å². The van der Waals surface area contributed by atoms with E-state index < -0.39 is 0 Å². The predicted octanol–water partition coefficient (Wildman–Crippen LogP) is 3.85. The highest BCUT2D eigenvalue weighted by Gasteiger charge is 2.21. The van der Waals surface area contributed by atoms with Crippen molar-refractivity contribution in [3.8, 4) is 11.8 Å². The number of nitrogens with zero attached hydrogens (tertiary/aromatic N) is 2. The van der Waals surface area contributed by atoms with Gasteiger partial charge < -0.3 is 14.6 Å². The quantitative estimate of drug-likeness (QED) is 0.638. The van der Waals surface area contributed by atoms with Crippen LogP contribution in [0, 0.1) is 11.8 Å². The smallest absolute Gasteiger partial charge is 0.204 e. The first-order valence-electron chi connectivity index (χ1n) is 11.6. The van der Waals surface area contributed by atoms with Crippen LogP contribution < -0.4 is 0 Å². The molecule has 0 spiro atoms. The highest BCUT2D eigenvalue weighted by atomic mass is 16.5. The molecule has 0 aromatic heterocycles. The monoisotopic (exact) mass is 458 g/mol. The van der Waals surface area contributed by atoms with Crippen LogP contribution in [0.5, 0.6) is 0 Å². The minimum atomic E-state index is -0.291. The molecule has 176 valence electrons. The highest BCUT2D eigenvalue weighted by molar-refractivity contribution is 6.03. The fraction of sp³-hybridized carbons (Fsp3) is 0.357. The van der Waals surface area contributed by atoms with Crippen molar-refractivity contribution in [1.29, 1.82) is 0 Å². The summed E-state index contributed by atoms with van der Waals surface area (Å²) in [6.07, 6.45) is 2.13. The van der Waals surface area contributed by atoms with E-state index in [0.29, 0.717) is 18.7 Å². The van der Waals surface area contributed by atoms with Gasteiger partial charge in [-0.15, -0.1) is 0 Å². The highest BCUT2D eigenvalue weighted by Crippen LogP contribution is 2.28. The third-order valence-corrected chi connectivity index (χ3v) is 6.07. The van der Waals surface area contributed by atoms with Crippen molar-refractivity contribution in [2.45, 2.75) is 25.3 Å². The zero-order valence-electron chi connectivity index (χ0n) is 19.5. The number of Topliss-reactive ketones (excluding diaryl/α,β-unsaturated/α-hetero) is 1. The number of aliphatic imine (C=N–C) groups is 1. The summed E-state index contributed by atoms with van der Waals surface area (Å²) in [5, 5.41) is 10.1. The van der Waals surface area contributed by atoms with Gasteiger partial charge in [-0.05, 0) is 35.4 Å². The van der Waals surface area contributed by atoms with E-state index in [1.165, 1.54) is 5.56 Å². The second kappa shape index (κ2) is 11.8.